The van der Waals surface area contributed by atoms with Gasteiger partial charge in [0.05, 0.1) is 6.42 Å². The van der Waals surface area contributed by atoms with Crippen LogP contribution in [0.3, 0.4) is 0 Å². The number of carbonyl (C=O) groups is 2. The highest BCUT2D eigenvalue weighted by atomic mass is 16.4. The van der Waals surface area contributed by atoms with E-state index < -0.39 is 24.4 Å². The van der Waals surface area contributed by atoms with Gasteiger partial charge in [-0.05, 0) is 0 Å². The predicted molar refractivity (Wildman–Crippen MR) is 33.8 cm³/mol. The highest BCUT2D eigenvalue weighted by Gasteiger charge is 2.14. The first-order valence-electron chi connectivity index (χ1n) is 2.24. The average Bonchev–Trinajstić information content (AvgIpc) is 1.63. The van der Waals surface area contributed by atoms with Gasteiger partial charge in [0.15, 0.2) is 0 Å². The Labute approximate surface area is 57.2 Å². The Hall–Kier alpha value is -1.14. The molecule has 0 radical (unpaired) electrons. The van der Waals surface area contributed by atoms with Crippen LogP contribution < -0.4 is 11.9 Å². The van der Waals surface area contributed by atoms with E-state index in [2.05, 4.69) is 0 Å². The van der Waals surface area contributed by atoms with Crippen molar-refractivity contribution in [3.05, 3.63) is 0 Å². The van der Waals surface area contributed by atoms with Crippen LogP contribution in [0.15, 0.2) is 0 Å². The topological polar surface area (TPSA) is 137 Å². The lowest BCUT2D eigenvalue weighted by Gasteiger charge is -1.99. The number of carboxylic acids is 2. The molecule has 0 saturated heterocycles. The zero-order valence-electron chi connectivity index (χ0n) is 5.57. The van der Waals surface area contributed by atoms with Crippen LogP contribution in [0.25, 0.3) is 0 Å². The summed E-state index contributed by atoms with van der Waals surface area (Å²) < 4.78 is 0. The molecule has 0 saturated carbocycles. The molecular formula is C4H11N2O4+. The number of nitrogens with two attached hydrogens (primary N) is 1. The zero-order valence-corrected chi connectivity index (χ0v) is 5.57. The summed E-state index contributed by atoms with van der Waals surface area (Å²) in [6.07, 6.45) is -0.532. The second-order valence-corrected chi connectivity index (χ2v) is 1.54. The molecule has 6 heteroatoms. The standard InChI is InChI=1S/C4H7NO4.H3N/c5-2(4(8)9)1-3(6)7;/h2H,1,5H2,(H,6,7)(H,8,9);1H3/p+1/t2-;/m0./s1. The summed E-state index contributed by atoms with van der Waals surface area (Å²) in [7, 11) is 0. The predicted octanol–water partition coefficient (Wildman–Crippen LogP) is -0.751. The van der Waals surface area contributed by atoms with Crippen molar-refractivity contribution in [1.29, 1.82) is 0 Å². The van der Waals surface area contributed by atoms with E-state index in [4.69, 9.17) is 15.9 Å². The number of carboxylic acid groups (broad SMARTS) is 2. The Bertz CT molecular complexity index is 135. The largest absolute Gasteiger partial charge is 0.481 e. The maximum atomic E-state index is 9.85. The van der Waals surface area contributed by atoms with Crippen LogP contribution in [-0.2, 0) is 9.59 Å². The van der Waals surface area contributed by atoms with Gasteiger partial charge in [0, 0.05) is 0 Å². The van der Waals surface area contributed by atoms with Gasteiger partial charge in [-0.2, -0.15) is 0 Å². The molecule has 6 nitrogen and oxygen atoms in total. The molecule has 0 amide bonds. The normalized spacial score (nSPS) is 11.3. The molecule has 60 valence electrons. The molecule has 8 N–H and O–H groups in total. The Morgan fingerprint density at radius 3 is 1.90 bits per heavy atom. The minimum Gasteiger partial charge on any atom is -0.481 e. The molecule has 0 fully saturated rings. The highest BCUT2D eigenvalue weighted by Crippen LogP contribution is 1.86. The maximum Gasteiger partial charge on any atom is 0.321 e. The van der Waals surface area contributed by atoms with E-state index in [1.165, 1.54) is 0 Å². The lowest BCUT2D eigenvalue weighted by atomic mass is 10.2. The van der Waals surface area contributed by atoms with Gasteiger partial charge in [-0.25, -0.2) is 0 Å². The number of hydrogen-bond donors (Lipinski definition) is 4. The maximum absolute atomic E-state index is 9.85. The fourth-order valence-electron chi connectivity index (χ4n) is 0.275. The first-order chi connectivity index (χ1) is 4.04. The van der Waals surface area contributed by atoms with Gasteiger partial charge in [-0.15, -0.1) is 0 Å². The summed E-state index contributed by atoms with van der Waals surface area (Å²) in [5.74, 6) is -2.50. The van der Waals surface area contributed by atoms with Gasteiger partial charge >= 0.3 is 11.9 Å². The lowest BCUT2D eigenvalue weighted by Crippen LogP contribution is -2.32. The Morgan fingerprint density at radius 2 is 1.80 bits per heavy atom. The van der Waals surface area contributed by atoms with E-state index >= 15 is 0 Å². The van der Waals surface area contributed by atoms with E-state index in [1.807, 2.05) is 0 Å². The van der Waals surface area contributed by atoms with Crippen LogP contribution in [-0.4, -0.2) is 28.2 Å². The first-order valence-corrected chi connectivity index (χ1v) is 2.24. The smallest absolute Gasteiger partial charge is 0.321 e. The Kier molecular flexibility index (Phi) is 5.48. The summed E-state index contributed by atoms with van der Waals surface area (Å²) in [6.45, 7) is 0. The third-order valence-electron chi connectivity index (χ3n) is 0.712. The fourth-order valence-corrected chi connectivity index (χ4v) is 0.275. The monoisotopic (exact) mass is 151 g/mol. The summed E-state index contributed by atoms with van der Waals surface area (Å²) in [4.78, 5) is 19.6. The van der Waals surface area contributed by atoms with Gasteiger partial charge in [0.25, 0.3) is 0 Å². The molecule has 0 rings (SSSR count). The van der Waals surface area contributed by atoms with Gasteiger partial charge in [0.2, 0.25) is 0 Å². The van der Waals surface area contributed by atoms with Crippen molar-refractivity contribution in [1.82, 2.24) is 6.15 Å². The third-order valence-corrected chi connectivity index (χ3v) is 0.712. The van der Waals surface area contributed by atoms with Crippen LogP contribution in [0.4, 0.5) is 0 Å². The molecule has 0 aliphatic rings. The van der Waals surface area contributed by atoms with Crippen LogP contribution in [0, 0.1) is 0 Å². The number of quaternary nitrogens is 1. The summed E-state index contributed by atoms with van der Waals surface area (Å²) in [6, 6.07) is -1.29. The molecular weight excluding hydrogens is 140 g/mol. The summed E-state index contributed by atoms with van der Waals surface area (Å²) in [5.41, 5.74) is 4.84. The number of aliphatic carboxylic acids is 2. The zero-order chi connectivity index (χ0) is 7.44. The minimum atomic E-state index is -1.29. The van der Waals surface area contributed by atoms with Gasteiger partial charge < -0.3 is 22.1 Å². The Balaban J connectivity index is 0. The quantitative estimate of drug-likeness (QED) is 0.420. The lowest BCUT2D eigenvalue weighted by molar-refractivity contribution is -0.144. The molecule has 1 atom stereocenters. The van der Waals surface area contributed by atoms with Crippen molar-refractivity contribution in [3.63, 3.8) is 0 Å². The summed E-state index contributed by atoms with van der Waals surface area (Å²) in [5, 5.41) is 16.0. The van der Waals surface area contributed by atoms with E-state index in [1.54, 1.807) is 0 Å². The SMILES string of the molecule is N[C@@H](CC(=O)O)C(=O)O.[NH4+]. The van der Waals surface area contributed by atoms with Crippen molar-refractivity contribution in [2.75, 3.05) is 0 Å². The van der Waals surface area contributed by atoms with Crippen LogP contribution in [0.5, 0.6) is 0 Å². The second kappa shape index (κ2) is 4.71. The van der Waals surface area contributed by atoms with E-state index in [0.717, 1.165) is 0 Å². The molecule has 0 bridgehead atoms. The van der Waals surface area contributed by atoms with Crippen molar-refractivity contribution in [3.8, 4) is 0 Å². The van der Waals surface area contributed by atoms with Crippen molar-refractivity contribution >= 4 is 11.9 Å². The summed E-state index contributed by atoms with van der Waals surface area (Å²) >= 11 is 0. The molecule has 10 heavy (non-hydrogen) atoms. The number of rotatable bonds is 3. The second-order valence-electron chi connectivity index (χ2n) is 1.54. The molecule has 0 heterocycles. The molecule has 0 aromatic rings. The molecule has 0 spiro atoms. The molecule has 0 aliphatic carbocycles. The van der Waals surface area contributed by atoms with Crippen LogP contribution >= 0.6 is 0 Å². The number of hydrogen-bond acceptors (Lipinski definition) is 3. The van der Waals surface area contributed by atoms with Crippen molar-refractivity contribution in [2.45, 2.75) is 12.5 Å². The third kappa shape index (κ3) is 5.01. The molecule has 0 aromatic heterocycles. The average molecular weight is 151 g/mol. The van der Waals surface area contributed by atoms with Crippen molar-refractivity contribution in [2.24, 2.45) is 5.73 Å². The van der Waals surface area contributed by atoms with Gasteiger partial charge in [-0.1, -0.05) is 0 Å². The molecule has 0 aliphatic heterocycles. The molecule has 0 aromatic carbocycles. The Morgan fingerprint density at radius 1 is 1.40 bits per heavy atom. The van der Waals surface area contributed by atoms with Crippen LogP contribution in [0.2, 0.25) is 0 Å². The first kappa shape index (κ1) is 11.6. The fraction of sp³-hybridized carbons (Fsp3) is 0.500. The van der Waals surface area contributed by atoms with Crippen LogP contribution in [0.1, 0.15) is 6.42 Å². The van der Waals surface area contributed by atoms with Gasteiger partial charge in [0.1, 0.15) is 6.04 Å². The van der Waals surface area contributed by atoms with E-state index in [9.17, 15) is 9.59 Å². The molecule has 0 unspecified atom stereocenters. The van der Waals surface area contributed by atoms with E-state index in [-0.39, 0.29) is 6.15 Å². The van der Waals surface area contributed by atoms with Gasteiger partial charge in [-0.3, -0.25) is 9.59 Å². The van der Waals surface area contributed by atoms with Crippen molar-refractivity contribution < 1.29 is 19.8 Å². The minimum absolute atomic E-state index is 0. The van der Waals surface area contributed by atoms with E-state index in [0.29, 0.717) is 0 Å². The highest BCUT2D eigenvalue weighted by molar-refractivity contribution is 5.80.